The van der Waals surface area contributed by atoms with Gasteiger partial charge < -0.3 is 14.2 Å². The Morgan fingerprint density at radius 3 is 2.15 bits per heavy atom. The first-order chi connectivity index (χ1) is 9.76. The molecule has 0 aromatic rings. The summed E-state index contributed by atoms with van der Waals surface area (Å²) in [5.41, 5.74) is 0. The summed E-state index contributed by atoms with van der Waals surface area (Å²) in [6.45, 7) is 3.67. The lowest BCUT2D eigenvalue weighted by atomic mass is 9.98. The molecule has 0 saturated heterocycles. The molecule has 118 valence electrons. The molecule has 0 bridgehead atoms. The van der Waals surface area contributed by atoms with Crippen LogP contribution in [-0.4, -0.2) is 64.0 Å². The van der Waals surface area contributed by atoms with Crippen LogP contribution in [-0.2, 0) is 19.0 Å². The van der Waals surface area contributed by atoms with E-state index in [0.29, 0.717) is 26.2 Å². The molecule has 0 heterocycles. The molecule has 0 unspecified atom stereocenters. The van der Waals surface area contributed by atoms with Crippen molar-refractivity contribution in [1.29, 1.82) is 0 Å². The number of methoxy groups -OCH3 is 2. The fraction of sp³-hybridized carbons (Fsp3) is 0.933. The number of carbonyl (C=O) groups is 1. The van der Waals surface area contributed by atoms with E-state index in [4.69, 9.17) is 14.2 Å². The number of hydrogen-bond donors (Lipinski definition) is 0. The zero-order valence-corrected chi connectivity index (χ0v) is 12.9. The summed E-state index contributed by atoms with van der Waals surface area (Å²) in [4.78, 5) is 14.0. The van der Waals surface area contributed by atoms with Crippen LogP contribution in [0.15, 0.2) is 0 Å². The van der Waals surface area contributed by atoms with Crippen LogP contribution in [0.25, 0.3) is 0 Å². The van der Waals surface area contributed by atoms with Crippen molar-refractivity contribution < 1.29 is 19.0 Å². The fourth-order valence-corrected chi connectivity index (χ4v) is 2.45. The molecule has 1 aliphatic rings. The average molecular weight is 287 g/mol. The summed E-state index contributed by atoms with van der Waals surface area (Å²) in [6.07, 6.45) is 6.31. The summed E-state index contributed by atoms with van der Waals surface area (Å²) in [6, 6.07) is 0. The van der Waals surface area contributed by atoms with Crippen molar-refractivity contribution in [2.45, 2.75) is 44.6 Å². The van der Waals surface area contributed by atoms with Gasteiger partial charge in [0.25, 0.3) is 0 Å². The van der Waals surface area contributed by atoms with Gasteiger partial charge in [0, 0.05) is 33.9 Å². The molecule has 0 spiro atoms. The van der Waals surface area contributed by atoms with Crippen molar-refractivity contribution in [3.63, 3.8) is 0 Å². The normalized spacial score (nSPS) is 16.6. The highest BCUT2D eigenvalue weighted by molar-refractivity contribution is 5.69. The van der Waals surface area contributed by atoms with Crippen molar-refractivity contribution in [3.8, 4) is 0 Å². The van der Waals surface area contributed by atoms with Gasteiger partial charge in [-0.1, -0.05) is 6.42 Å². The van der Waals surface area contributed by atoms with Crippen LogP contribution in [0.1, 0.15) is 38.5 Å². The highest BCUT2D eigenvalue weighted by Gasteiger charge is 2.18. The molecule has 1 rings (SSSR count). The summed E-state index contributed by atoms with van der Waals surface area (Å²) in [7, 11) is 3.37. The second-order valence-corrected chi connectivity index (χ2v) is 5.33. The van der Waals surface area contributed by atoms with Crippen molar-refractivity contribution in [2.75, 3.05) is 47.1 Å². The molecule has 0 atom stereocenters. The van der Waals surface area contributed by atoms with E-state index in [1.807, 2.05) is 0 Å². The fourth-order valence-electron chi connectivity index (χ4n) is 2.45. The van der Waals surface area contributed by atoms with Gasteiger partial charge in [-0.05, 0) is 25.7 Å². The molecule has 0 aromatic carbocycles. The van der Waals surface area contributed by atoms with Gasteiger partial charge >= 0.3 is 5.97 Å². The lowest BCUT2D eigenvalue weighted by molar-refractivity contribution is -0.150. The average Bonchev–Trinajstić information content (AvgIpc) is 2.47. The molecule has 5 heteroatoms. The first-order valence-corrected chi connectivity index (χ1v) is 7.66. The maximum atomic E-state index is 11.9. The van der Waals surface area contributed by atoms with E-state index in [0.717, 1.165) is 25.9 Å². The minimum Gasteiger partial charge on any atom is -0.462 e. The van der Waals surface area contributed by atoms with Gasteiger partial charge in [0.2, 0.25) is 0 Å². The van der Waals surface area contributed by atoms with Gasteiger partial charge in [-0.25, -0.2) is 0 Å². The highest BCUT2D eigenvalue weighted by atomic mass is 16.5. The van der Waals surface area contributed by atoms with E-state index >= 15 is 0 Å². The predicted molar refractivity (Wildman–Crippen MR) is 77.8 cm³/mol. The van der Waals surface area contributed by atoms with Crippen LogP contribution in [0, 0.1) is 0 Å². The number of nitrogens with zero attached hydrogens (tertiary/aromatic N) is 1. The molecule has 0 amide bonds. The quantitative estimate of drug-likeness (QED) is 0.574. The molecule has 1 aliphatic carbocycles. The van der Waals surface area contributed by atoms with Crippen LogP contribution in [0.2, 0.25) is 0 Å². The minimum absolute atomic E-state index is 0.0725. The van der Waals surface area contributed by atoms with Crippen molar-refractivity contribution in [2.24, 2.45) is 0 Å². The Balaban J connectivity index is 2.20. The molecule has 0 N–H and O–H groups in total. The second kappa shape index (κ2) is 11.1. The first kappa shape index (κ1) is 17.4. The van der Waals surface area contributed by atoms with Crippen LogP contribution in [0.5, 0.6) is 0 Å². The van der Waals surface area contributed by atoms with E-state index in [1.54, 1.807) is 14.2 Å². The van der Waals surface area contributed by atoms with E-state index < -0.39 is 0 Å². The molecule has 0 aromatic heterocycles. The Hall–Kier alpha value is -0.650. The molecule has 0 radical (unpaired) electrons. The van der Waals surface area contributed by atoms with Gasteiger partial charge in [-0.3, -0.25) is 9.69 Å². The summed E-state index contributed by atoms with van der Waals surface area (Å²) < 4.78 is 15.7. The third kappa shape index (κ3) is 7.82. The molecular weight excluding hydrogens is 258 g/mol. The standard InChI is InChI=1S/C15H29NO4/c1-18-12-10-16(11-13-19-2)9-8-15(17)20-14-6-4-3-5-7-14/h14H,3-13H2,1-2H3. The maximum absolute atomic E-state index is 11.9. The van der Waals surface area contributed by atoms with Crippen LogP contribution < -0.4 is 0 Å². The lowest BCUT2D eigenvalue weighted by Gasteiger charge is -2.24. The highest BCUT2D eigenvalue weighted by Crippen LogP contribution is 2.20. The topological polar surface area (TPSA) is 48.0 Å². The molecular formula is C15H29NO4. The van der Waals surface area contributed by atoms with Gasteiger partial charge in [0.1, 0.15) is 6.10 Å². The molecule has 1 fully saturated rings. The SMILES string of the molecule is COCCN(CCOC)CCC(=O)OC1CCCCC1. The molecule has 20 heavy (non-hydrogen) atoms. The molecule has 0 aliphatic heterocycles. The Bertz CT molecular complexity index is 246. The molecule has 1 saturated carbocycles. The number of rotatable bonds is 10. The summed E-state index contributed by atoms with van der Waals surface area (Å²) in [5, 5.41) is 0. The van der Waals surface area contributed by atoms with Crippen LogP contribution in [0.3, 0.4) is 0 Å². The predicted octanol–water partition coefficient (Wildman–Crippen LogP) is 1.85. The summed E-state index contributed by atoms with van der Waals surface area (Å²) in [5.74, 6) is -0.0725. The minimum atomic E-state index is -0.0725. The Labute approximate surface area is 122 Å². The lowest BCUT2D eigenvalue weighted by Crippen LogP contribution is -2.33. The number of hydrogen-bond acceptors (Lipinski definition) is 5. The number of carbonyl (C=O) groups excluding carboxylic acids is 1. The smallest absolute Gasteiger partial charge is 0.307 e. The van der Waals surface area contributed by atoms with E-state index in [-0.39, 0.29) is 12.1 Å². The van der Waals surface area contributed by atoms with Crippen molar-refractivity contribution in [3.05, 3.63) is 0 Å². The number of esters is 1. The van der Waals surface area contributed by atoms with Crippen molar-refractivity contribution >= 4 is 5.97 Å². The van der Waals surface area contributed by atoms with Gasteiger partial charge in [-0.2, -0.15) is 0 Å². The largest absolute Gasteiger partial charge is 0.462 e. The van der Waals surface area contributed by atoms with Gasteiger partial charge in [-0.15, -0.1) is 0 Å². The Morgan fingerprint density at radius 2 is 1.60 bits per heavy atom. The van der Waals surface area contributed by atoms with E-state index in [9.17, 15) is 4.79 Å². The third-order valence-electron chi connectivity index (χ3n) is 3.71. The Kier molecular flexibility index (Phi) is 9.62. The van der Waals surface area contributed by atoms with Crippen LogP contribution in [0.4, 0.5) is 0 Å². The van der Waals surface area contributed by atoms with Gasteiger partial charge in [0.15, 0.2) is 0 Å². The maximum Gasteiger partial charge on any atom is 0.307 e. The number of ether oxygens (including phenoxy) is 3. The van der Waals surface area contributed by atoms with E-state index in [1.165, 1.54) is 19.3 Å². The Morgan fingerprint density at radius 1 is 1.00 bits per heavy atom. The van der Waals surface area contributed by atoms with Gasteiger partial charge in [0.05, 0.1) is 19.6 Å². The zero-order valence-electron chi connectivity index (χ0n) is 12.9. The zero-order chi connectivity index (χ0) is 14.6. The summed E-state index contributed by atoms with van der Waals surface area (Å²) >= 11 is 0. The van der Waals surface area contributed by atoms with E-state index in [2.05, 4.69) is 4.90 Å². The van der Waals surface area contributed by atoms with Crippen LogP contribution >= 0.6 is 0 Å². The molecule has 5 nitrogen and oxygen atoms in total. The van der Waals surface area contributed by atoms with Crippen molar-refractivity contribution in [1.82, 2.24) is 4.90 Å². The monoisotopic (exact) mass is 287 g/mol. The first-order valence-electron chi connectivity index (χ1n) is 7.66. The second-order valence-electron chi connectivity index (χ2n) is 5.33. The third-order valence-corrected chi connectivity index (χ3v) is 3.71.